The standard InChI is InChI=1S/C27H27N5S/c1-19-16-23(20(2)31(19)17-21-10-4-3-5-11-21)26-25(24-13-7-9-15-29-24)30-27(33)32(26)18-22-12-6-8-14-28-22/h3-16,25-26H,17-18H2,1-2H3,(H,30,33)/t25-,26-/m0/s1. The Morgan fingerprint density at radius 3 is 2.30 bits per heavy atom. The highest BCUT2D eigenvalue weighted by atomic mass is 32.1. The van der Waals surface area contributed by atoms with Gasteiger partial charge in [0, 0.05) is 30.3 Å². The predicted octanol–water partition coefficient (Wildman–Crippen LogP) is 5.12. The fraction of sp³-hybridized carbons (Fsp3) is 0.222. The van der Waals surface area contributed by atoms with Gasteiger partial charge in [0.25, 0.3) is 0 Å². The Kier molecular flexibility index (Phi) is 5.92. The average molecular weight is 454 g/mol. The molecule has 0 amide bonds. The van der Waals surface area contributed by atoms with Crippen LogP contribution < -0.4 is 5.32 Å². The molecule has 1 saturated heterocycles. The van der Waals surface area contributed by atoms with Gasteiger partial charge in [0.2, 0.25) is 0 Å². The Morgan fingerprint density at radius 2 is 1.61 bits per heavy atom. The largest absolute Gasteiger partial charge is 0.352 e. The first-order valence-corrected chi connectivity index (χ1v) is 11.6. The van der Waals surface area contributed by atoms with Crippen LogP contribution in [0.5, 0.6) is 0 Å². The highest BCUT2D eigenvalue weighted by Crippen LogP contribution is 2.41. The van der Waals surface area contributed by atoms with Crippen LogP contribution in [0, 0.1) is 13.8 Å². The summed E-state index contributed by atoms with van der Waals surface area (Å²) < 4.78 is 2.39. The molecule has 2 atom stereocenters. The lowest BCUT2D eigenvalue weighted by Crippen LogP contribution is -2.29. The maximum absolute atomic E-state index is 5.83. The van der Waals surface area contributed by atoms with Crippen LogP contribution in [0.25, 0.3) is 0 Å². The maximum atomic E-state index is 5.83. The summed E-state index contributed by atoms with van der Waals surface area (Å²) in [6.45, 7) is 5.88. The van der Waals surface area contributed by atoms with Gasteiger partial charge in [-0.15, -0.1) is 0 Å². The van der Waals surface area contributed by atoms with Crippen LogP contribution in [-0.2, 0) is 13.1 Å². The second-order valence-electron chi connectivity index (χ2n) is 8.47. The van der Waals surface area contributed by atoms with Crippen LogP contribution in [0.4, 0.5) is 0 Å². The lowest BCUT2D eigenvalue weighted by atomic mass is 9.96. The van der Waals surface area contributed by atoms with Crippen LogP contribution in [0.2, 0.25) is 0 Å². The van der Waals surface area contributed by atoms with Crippen molar-refractivity contribution in [3.63, 3.8) is 0 Å². The lowest BCUT2D eigenvalue weighted by Gasteiger charge is -2.28. The molecule has 1 fully saturated rings. The van der Waals surface area contributed by atoms with Gasteiger partial charge in [-0.1, -0.05) is 42.5 Å². The minimum atomic E-state index is -0.0342. The van der Waals surface area contributed by atoms with Crippen molar-refractivity contribution in [2.45, 2.75) is 39.0 Å². The lowest BCUT2D eigenvalue weighted by molar-refractivity contribution is 0.307. The third kappa shape index (κ3) is 4.26. The van der Waals surface area contributed by atoms with E-state index >= 15 is 0 Å². The second-order valence-corrected chi connectivity index (χ2v) is 8.86. The highest BCUT2D eigenvalue weighted by molar-refractivity contribution is 7.80. The molecule has 5 rings (SSSR count). The number of hydrogen-bond acceptors (Lipinski definition) is 3. The van der Waals surface area contributed by atoms with E-state index in [1.54, 1.807) is 0 Å². The Bertz CT molecular complexity index is 1240. The molecule has 6 heteroatoms. The number of hydrogen-bond donors (Lipinski definition) is 1. The zero-order valence-electron chi connectivity index (χ0n) is 18.8. The number of rotatable bonds is 6. The molecular formula is C27H27N5S. The van der Waals surface area contributed by atoms with Gasteiger partial charge >= 0.3 is 0 Å². The minimum absolute atomic E-state index is 0.0186. The fourth-order valence-electron chi connectivity index (χ4n) is 4.72. The first-order chi connectivity index (χ1) is 16.1. The van der Waals surface area contributed by atoms with E-state index in [4.69, 9.17) is 12.2 Å². The van der Waals surface area contributed by atoms with Crippen molar-refractivity contribution in [1.82, 2.24) is 24.8 Å². The zero-order chi connectivity index (χ0) is 22.8. The van der Waals surface area contributed by atoms with Gasteiger partial charge < -0.3 is 14.8 Å². The number of benzene rings is 1. The van der Waals surface area contributed by atoms with Crippen LogP contribution in [0.15, 0.2) is 85.2 Å². The van der Waals surface area contributed by atoms with Crippen molar-refractivity contribution in [1.29, 1.82) is 0 Å². The molecule has 0 saturated carbocycles. The van der Waals surface area contributed by atoms with E-state index in [1.807, 2.05) is 42.7 Å². The highest BCUT2D eigenvalue weighted by Gasteiger charge is 2.41. The summed E-state index contributed by atoms with van der Waals surface area (Å²) in [6, 6.07) is 24.9. The van der Waals surface area contributed by atoms with Gasteiger partial charge in [0.05, 0.1) is 30.0 Å². The van der Waals surface area contributed by atoms with E-state index in [9.17, 15) is 0 Å². The summed E-state index contributed by atoms with van der Waals surface area (Å²) in [7, 11) is 0. The van der Waals surface area contributed by atoms with Crippen LogP contribution in [0.1, 0.15) is 46.0 Å². The van der Waals surface area contributed by atoms with Crippen molar-refractivity contribution in [3.8, 4) is 0 Å². The van der Waals surface area contributed by atoms with Crippen LogP contribution in [-0.4, -0.2) is 24.5 Å². The number of nitrogens with zero attached hydrogens (tertiary/aromatic N) is 4. The first-order valence-electron chi connectivity index (χ1n) is 11.2. The van der Waals surface area contributed by atoms with Crippen molar-refractivity contribution < 1.29 is 0 Å². The van der Waals surface area contributed by atoms with Gasteiger partial charge in [-0.25, -0.2) is 0 Å². The quantitative estimate of drug-likeness (QED) is 0.411. The van der Waals surface area contributed by atoms with Gasteiger partial charge in [0.1, 0.15) is 0 Å². The van der Waals surface area contributed by atoms with E-state index in [0.29, 0.717) is 6.54 Å². The molecule has 1 aliphatic heterocycles. The van der Waals surface area contributed by atoms with Crippen molar-refractivity contribution in [3.05, 3.63) is 119 Å². The SMILES string of the molecule is Cc1cc([C@H]2[C@H](c3ccccn3)NC(=S)N2Cc2ccccn2)c(C)n1Cc1ccccc1. The maximum Gasteiger partial charge on any atom is 0.170 e. The molecule has 4 aromatic rings. The first kappa shape index (κ1) is 21.3. The number of pyridine rings is 2. The molecule has 5 nitrogen and oxygen atoms in total. The summed E-state index contributed by atoms with van der Waals surface area (Å²) in [6.07, 6.45) is 3.68. The second kappa shape index (κ2) is 9.16. The molecule has 0 unspecified atom stereocenters. The van der Waals surface area contributed by atoms with E-state index in [-0.39, 0.29) is 12.1 Å². The van der Waals surface area contributed by atoms with Gasteiger partial charge in [0.15, 0.2) is 5.11 Å². The third-order valence-electron chi connectivity index (χ3n) is 6.37. The number of aromatic nitrogens is 3. The Labute approximate surface area is 200 Å². The fourth-order valence-corrected chi connectivity index (χ4v) is 5.02. The Balaban J connectivity index is 1.56. The van der Waals surface area contributed by atoms with Crippen LogP contribution >= 0.6 is 12.2 Å². The van der Waals surface area contributed by atoms with Gasteiger partial charge in [-0.05, 0) is 67.5 Å². The third-order valence-corrected chi connectivity index (χ3v) is 6.72. The molecule has 1 N–H and O–H groups in total. The summed E-state index contributed by atoms with van der Waals surface area (Å²) in [5, 5.41) is 4.28. The Hall–Kier alpha value is -3.51. The molecule has 3 aromatic heterocycles. The monoisotopic (exact) mass is 453 g/mol. The van der Waals surface area contributed by atoms with Crippen molar-refractivity contribution in [2.24, 2.45) is 0 Å². The number of aryl methyl sites for hydroxylation is 1. The number of thiocarbonyl (C=S) groups is 1. The molecule has 0 aliphatic carbocycles. The molecule has 1 aliphatic rings. The van der Waals surface area contributed by atoms with Gasteiger partial charge in [-0.3, -0.25) is 9.97 Å². The average Bonchev–Trinajstić information content (AvgIpc) is 3.31. The van der Waals surface area contributed by atoms with E-state index in [1.165, 1.54) is 22.5 Å². The molecular weight excluding hydrogens is 426 g/mol. The van der Waals surface area contributed by atoms with Crippen LogP contribution in [0.3, 0.4) is 0 Å². The minimum Gasteiger partial charge on any atom is -0.352 e. The molecule has 1 aromatic carbocycles. The molecule has 0 bridgehead atoms. The molecule has 33 heavy (non-hydrogen) atoms. The van der Waals surface area contributed by atoms with E-state index in [0.717, 1.165) is 23.0 Å². The molecule has 166 valence electrons. The summed E-state index contributed by atoms with van der Waals surface area (Å²) in [5.74, 6) is 0. The molecule has 0 radical (unpaired) electrons. The number of nitrogens with one attached hydrogen (secondary N) is 1. The van der Waals surface area contributed by atoms with E-state index in [2.05, 4.69) is 81.1 Å². The molecule has 0 spiro atoms. The topological polar surface area (TPSA) is 46.0 Å². The summed E-state index contributed by atoms with van der Waals surface area (Å²) in [5.41, 5.74) is 7.02. The van der Waals surface area contributed by atoms with Crippen molar-refractivity contribution >= 4 is 17.3 Å². The normalized spacial score (nSPS) is 17.9. The summed E-state index contributed by atoms with van der Waals surface area (Å²) in [4.78, 5) is 11.5. The van der Waals surface area contributed by atoms with Crippen molar-refractivity contribution in [2.75, 3.05) is 0 Å². The smallest absolute Gasteiger partial charge is 0.170 e. The Morgan fingerprint density at radius 1 is 0.879 bits per heavy atom. The van der Waals surface area contributed by atoms with Gasteiger partial charge in [-0.2, -0.15) is 0 Å². The molecule has 4 heterocycles. The van der Waals surface area contributed by atoms with E-state index < -0.39 is 0 Å². The summed E-state index contributed by atoms with van der Waals surface area (Å²) >= 11 is 5.83. The predicted molar refractivity (Wildman–Crippen MR) is 135 cm³/mol. The zero-order valence-corrected chi connectivity index (χ0v) is 19.7.